The number of carbonyl (C=O) groups is 2. The number of para-hydroxylation sites is 2. The number of amides is 1. The van der Waals surface area contributed by atoms with Crippen LogP contribution in [0.2, 0.25) is 0 Å². The van der Waals surface area contributed by atoms with Gasteiger partial charge >= 0.3 is 5.97 Å². The average molecular weight is 425 g/mol. The van der Waals surface area contributed by atoms with Gasteiger partial charge in [-0.15, -0.1) is 0 Å². The number of piperidine rings is 1. The van der Waals surface area contributed by atoms with Crippen molar-refractivity contribution in [2.24, 2.45) is 5.92 Å². The van der Waals surface area contributed by atoms with Crippen molar-refractivity contribution in [2.45, 2.75) is 33.6 Å². The van der Waals surface area contributed by atoms with E-state index in [9.17, 15) is 19.7 Å². The molecule has 1 heterocycles. The van der Waals surface area contributed by atoms with E-state index in [4.69, 9.17) is 4.74 Å². The molecule has 1 fully saturated rings. The first-order valence-electron chi connectivity index (χ1n) is 10.3. The van der Waals surface area contributed by atoms with E-state index in [0.717, 1.165) is 22.4 Å². The number of hydrogen-bond acceptors (Lipinski definition) is 6. The highest BCUT2D eigenvalue weighted by Gasteiger charge is 2.29. The number of nitrogens with zero attached hydrogens (tertiary/aromatic N) is 2. The van der Waals surface area contributed by atoms with Gasteiger partial charge in [-0.1, -0.05) is 29.8 Å². The van der Waals surface area contributed by atoms with Crippen LogP contribution in [-0.4, -0.2) is 36.5 Å². The Morgan fingerprint density at radius 3 is 2.35 bits per heavy atom. The molecule has 0 saturated carbocycles. The standard InChI is InChI=1S/C23H27N3O5/c1-15-12-16(2)22(17(3)13-15)24-21(27)14-31-23(28)18-8-10-25(11-9-18)19-6-4-5-7-20(19)26(29)30/h4-7,12-13,18H,8-11,14H2,1-3H3,(H,24,27). The Morgan fingerprint density at radius 2 is 1.74 bits per heavy atom. The molecule has 2 aromatic carbocycles. The predicted octanol–water partition coefficient (Wildman–Crippen LogP) is 3.92. The molecule has 0 unspecified atom stereocenters. The number of nitro benzene ring substituents is 1. The summed E-state index contributed by atoms with van der Waals surface area (Å²) in [7, 11) is 0. The van der Waals surface area contributed by atoms with Gasteiger partial charge in [0.25, 0.3) is 11.6 Å². The number of ether oxygens (including phenoxy) is 1. The fourth-order valence-electron chi connectivity index (χ4n) is 4.05. The molecule has 8 heteroatoms. The summed E-state index contributed by atoms with van der Waals surface area (Å²) in [6, 6.07) is 10.6. The number of nitro groups is 1. The number of aryl methyl sites for hydroxylation is 3. The average Bonchev–Trinajstić information content (AvgIpc) is 2.74. The molecule has 0 atom stereocenters. The van der Waals surface area contributed by atoms with Crippen LogP contribution in [0.25, 0.3) is 0 Å². The van der Waals surface area contributed by atoms with Crippen LogP contribution in [0.3, 0.4) is 0 Å². The zero-order valence-corrected chi connectivity index (χ0v) is 18.0. The lowest BCUT2D eigenvalue weighted by atomic mass is 9.96. The highest BCUT2D eigenvalue weighted by atomic mass is 16.6. The van der Waals surface area contributed by atoms with Crippen LogP contribution >= 0.6 is 0 Å². The zero-order chi connectivity index (χ0) is 22.5. The van der Waals surface area contributed by atoms with Crippen molar-refractivity contribution >= 4 is 28.9 Å². The number of benzene rings is 2. The van der Waals surface area contributed by atoms with E-state index in [0.29, 0.717) is 31.6 Å². The molecule has 1 saturated heterocycles. The molecule has 2 aromatic rings. The molecule has 1 aliphatic rings. The van der Waals surface area contributed by atoms with Crippen LogP contribution in [0.4, 0.5) is 17.1 Å². The molecule has 0 radical (unpaired) electrons. The maximum atomic E-state index is 12.4. The van der Waals surface area contributed by atoms with Gasteiger partial charge in [-0.05, 0) is 50.8 Å². The van der Waals surface area contributed by atoms with Crippen molar-refractivity contribution in [3.8, 4) is 0 Å². The smallest absolute Gasteiger partial charge is 0.309 e. The van der Waals surface area contributed by atoms with Gasteiger partial charge < -0.3 is 15.0 Å². The minimum absolute atomic E-state index is 0.0573. The number of hydrogen-bond donors (Lipinski definition) is 1. The van der Waals surface area contributed by atoms with Crippen LogP contribution in [0.5, 0.6) is 0 Å². The highest BCUT2D eigenvalue weighted by Crippen LogP contribution is 2.31. The molecule has 1 N–H and O–H groups in total. The third-order valence-electron chi connectivity index (χ3n) is 5.53. The van der Waals surface area contributed by atoms with Gasteiger partial charge in [-0.25, -0.2) is 0 Å². The number of esters is 1. The fraction of sp³-hybridized carbons (Fsp3) is 0.391. The van der Waals surface area contributed by atoms with Crippen LogP contribution in [0, 0.1) is 36.8 Å². The van der Waals surface area contributed by atoms with Crippen molar-refractivity contribution in [1.29, 1.82) is 0 Å². The Kier molecular flexibility index (Phi) is 6.89. The summed E-state index contributed by atoms with van der Waals surface area (Å²) in [6.07, 6.45) is 1.03. The molecule has 31 heavy (non-hydrogen) atoms. The van der Waals surface area contributed by atoms with Gasteiger partial charge in [0.15, 0.2) is 6.61 Å². The first kappa shape index (κ1) is 22.3. The van der Waals surface area contributed by atoms with E-state index in [2.05, 4.69) is 5.32 Å². The van der Waals surface area contributed by atoms with Crippen molar-refractivity contribution < 1.29 is 19.2 Å². The largest absolute Gasteiger partial charge is 0.455 e. The third kappa shape index (κ3) is 5.39. The fourth-order valence-corrected chi connectivity index (χ4v) is 4.05. The molecule has 8 nitrogen and oxygen atoms in total. The number of rotatable bonds is 6. The molecular weight excluding hydrogens is 398 g/mol. The monoisotopic (exact) mass is 425 g/mol. The van der Waals surface area contributed by atoms with Crippen molar-refractivity contribution in [3.05, 3.63) is 63.2 Å². The lowest BCUT2D eigenvalue weighted by Crippen LogP contribution is -2.37. The highest BCUT2D eigenvalue weighted by molar-refractivity contribution is 5.94. The molecule has 164 valence electrons. The Bertz CT molecular complexity index is 973. The Labute approximate surface area is 181 Å². The summed E-state index contributed by atoms with van der Waals surface area (Å²) >= 11 is 0. The SMILES string of the molecule is Cc1cc(C)c(NC(=O)COC(=O)C2CCN(c3ccccc3[N+](=O)[O-])CC2)c(C)c1. The van der Waals surface area contributed by atoms with Crippen LogP contribution < -0.4 is 10.2 Å². The van der Waals surface area contributed by atoms with E-state index < -0.39 is 10.9 Å². The van der Waals surface area contributed by atoms with Gasteiger partial charge in [-0.2, -0.15) is 0 Å². The summed E-state index contributed by atoms with van der Waals surface area (Å²) < 4.78 is 5.24. The minimum Gasteiger partial charge on any atom is -0.455 e. The van der Waals surface area contributed by atoms with Crippen LogP contribution in [0.1, 0.15) is 29.5 Å². The van der Waals surface area contributed by atoms with E-state index in [-0.39, 0.29) is 24.1 Å². The summed E-state index contributed by atoms with van der Waals surface area (Å²) in [6.45, 7) is 6.53. The number of carbonyl (C=O) groups excluding carboxylic acids is 2. The maximum absolute atomic E-state index is 12.4. The Morgan fingerprint density at radius 1 is 1.13 bits per heavy atom. The summed E-state index contributed by atoms with van der Waals surface area (Å²) in [5.41, 5.74) is 4.39. The summed E-state index contributed by atoms with van der Waals surface area (Å²) in [4.78, 5) is 37.4. The second-order valence-corrected chi connectivity index (χ2v) is 7.94. The zero-order valence-electron chi connectivity index (χ0n) is 18.0. The topological polar surface area (TPSA) is 102 Å². The van der Waals surface area contributed by atoms with E-state index in [1.165, 1.54) is 6.07 Å². The lowest BCUT2D eigenvalue weighted by molar-refractivity contribution is -0.384. The van der Waals surface area contributed by atoms with Crippen LogP contribution in [-0.2, 0) is 14.3 Å². The molecule has 1 amide bonds. The molecule has 0 spiro atoms. The second kappa shape index (κ2) is 9.59. The second-order valence-electron chi connectivity index (χ2n) is 7.94. The first-order chi connectivity index (χ1) is 14.8. The summed E-state index contributed by atoms with van der Waals surface area (Å²) in [5.74, 6) is -1.11. The summed E-state index contributed by atoms with van der Waals surface area (Å²) in [5, 5.41) is 14.1. The Balaban J connectivity index is 1.51. The van der Waals surface area contributed by atoms with Gasteiger partial charge in [0.2, 0.25) is 0 Å². The van der Waals surface area contributed by atoms with E-state index in [1.54, 1.807) is 18.2 Å². The van der Waals surface area contributed by atoms with Crippen molar-refractivity contribution in [2.75, 3.05) is 29.9 Å². The van der Waals surface area contributed by atoms with E-state index >= 15 is 0 Å². The molecule has 0 bridgehead atoms. The van der Waals surface area contributed by atoms with Gasteiger partial charge in [-0.3, -0.25) is 19.7 Å². The molecular formula is C23H27N3O5. The van der Waals surface area contributed by atoms with Gasteiger partial charge in [0, 0.05) is 24.8 Å². The van der Waals surface area contributed by atoms with Crippen molar-refractivity contribution in [3.63, 3.8) is 0 Å². The molecule has 0 aliphatic carbocycles. The quantitative estimate of drug-likeness (QED) is 0.428. The lowest BCUT2D eigenvalue weighted by Gasteiger charge is -2.32. The first-order valence-corrected chi connectivity index (χ1v) is 10.3. The molecule has 1 aliphatic heterocycles. The maximum Gasteiger partial charge on any atom is 0.309 e. The predicted molar refractivity (Wildman–Crippen MR) is 118 cm³/mol. The van der Waals surface area contributed by atoms with Crippen molar-refractivity contribution in [1.82, 2.24) is 0 Å². The number of nitrogens with one attached hydrogen (secondary N) is 1. The number of anilines is 2. The third-order valence-corrected chi connectivity index (χ3v) is 5.53. The Hall–Kier alpha value is -3.42. The minimum atomic E-state index is -0.408. The van der Waals surface area contributed by atoms with E-state index in [1.807, 2.05) is 37.8 Å². The van der Waals surface area contributed by atoms with Gasteiger partial charge in [0.1, 0.15) is 5.69 Å². The normalized spacial score (nSPS) is 14.2. The van der Waals surface area contributed by atoms with Crippen LogP contribution in [0.15, 0.2) is 36.4 Å². The molecule has 0 aromatic heterocycles. The van der Waals surface area contributed by atoms with Gasteiger partial charge in [0.05, 0.1) is 10.8 Å². The molecule has 3 rings (SSSR count).